The molecule has 1 fully saturated rings. The SMILES string of the molecule is O=C(CN1C(=O)/C(=C/c2c(Cl)cccc2Cl)SC1=S)NCc1ccccn1. The van der Waals surface area contributed by atoms with E-state index in [-0.39, 0.29) is 24.9 Å². The summed E-state index contributed by atoms with van der Waals surface area (Å²) < 4.78 is 0.308. The van der Waals surface area contributed by atoms with Gasteiger partial charge in [0, 0.05) is 21.8 Å². The number of nitrogens with zero attached hydrogens (tertiary/aromatic N) is 2. The minimum absolute atomic E-state index is 0.162. The standard InChI is InChI=1S/C18H13Cl2N3O2S2/c19-13-5-3-6-14(20)12(13)8-15-17(25)23(18(26)27-15)10-16(24)22-9-11-4-1-2-7-21-11/h1-8H,9-10H2,(H,22,24)/b15-8-. The fourth-order valence-electron chi connectivity index (χ4n) is 2.31. The third kappa shape index (κ3) is 4.87. The van der Waals surface area contributed by atoms with Crippen LogP contribution in [-0.4, -0.2) is 32.6 Å². The van der Waals surface area contributed by atoms with E-state index in [1.54, 1.807) is 42.6 Å². The predicted octanol–water partition coefficient (Wildman–Crippen LogP) is 3.91. The maximum atomic E-state index is 12.6. The van der Waals surface area contributed by atoms with Gasteiger partial charge in [0.05, 0.1) is 17.1 Å². The van der Waals surface area contributed by atoms with Crippen LogP contribution in [0, 0.1) is 0 Å². The highest BCUT2D eigenvalue weighted by Gasteiger charge is 2.33. The van der Waals surface area contributed by atoms with E-state index in [0.29, 0.717) is 24.8 Å². The third-order valence-electron chi connectivity index (χ3n) is 3.64. The van der Waals surface area contributed by atoms with Gasteiger partial charge in [-0.25, -0.2) is 0 Å². The third-order valence-corrected chi connectivity index (χ3v) is 5.68. The van der Waals surface area contributed by atoms with E-state index >= 15 is 0 Å². The molecule has 5 nitrogen and oxygen atoms in total. The van der Waals surface area contributed by atoms with Crippen LogP contribution in [0.15, 0.2) is 47.5 Å². The Hall–Kier alpha value is -1.93. The van der Waals surface area contributed by atoms with Crippen LogP contribution in [0.25, 0.3) is 6.08 Å². The molecule has 0 saturated carbocycles. The summed E-state index contributed by atoms with van der Waals surface area (Å²) in [5, 5.41) is 3.59. The molecule has 138 valence electrons. The van der Waals surface area contributed by atoms with Crippen LogP contribution in [0.5, 0.6) is 0 Å². The quantitative estimate of drug-likeness (QED) is 0.567. The van der Waals surface area contributed by atoms with Crippen LogP contribution in [-0.2, 0) is 16.1 Å². The fourth-order valence-corrected chi connectivity index (χ4v) is 4.05. The van der Waals surface area contributed by atoms with Crippen molar-refractivity contribution in [3.8, 4) is 0 Å². The van der Waals surface area contributed by atoms with E-state index in [1.807, 2.05) is 6.07 Å². The summed E-state index contributed by atoms with van der Waals surface area (Å²) in [5.74, 6) is -0.678. The molecule has 9 heteroatoms. The molecule has 0 bridgehead atoms. The Balaban J connectivity index is 1.67. The average Bonchev–Trinajstić information content (AvgIpc) is 2.91. The second-order valence-corrected chi connectivity index (χ2v) is 7.99. The molecule has 0 unspecified atom stereocenters. The molecule has 2 amide bonds. The average molecular weight is 438 g/mol. The number of halogens is 2. The zero-order valence-electron chi connectivity index (χ0n) is 13.8. The molecular weight excluding hydrogens is 425 g/mol. The minimum atomic E-state index is -0.353. The summed E-state index contributed by atoms with van der Waals surface area (Å²) in [6, 6.07) is 10.5. The van der Waals surface area contributed by atoms with Crippen molar-refractivity contribution in [2.45, 2.75) is 6.54 Å². The van der Waals surface area contributed by atoms with Gasteiger partial charge in [-0.3, -0.25) is 19.5 Å². The highest BCUT2D eigenvalue weighted by Crippen LogP contribution is 2.35. The first-order valence-electron chi connectivity index (χ1n) is 7.81. The van der Waals surface area contributed by atoms with Gasteiger partial charge >= 0.3 is 0 Å². The minimum Gasteiger partial charge on any atom is -0.349 e. The van der Waals surface area contributed by atoms with Crippen LogP contribution in [0.2, 0.25) is 10.0 Å². The second kappa shape index (κ2) is 8.84. The number of pyridine rings is 1. The van der Waals surface area contributed by atoms with Gasteiger partial charge in [0.2, 0.25) is 5.91 Å². The smallest absolute Gasteiger partial charge is 0.266 e. The summed E-state index contributed by atoms with van der Waals surface area (Å²) in [5.41, 5.74) is 1.27. The zero-order valence-corrected chi connectivity index (χ0v) is 17.0. The van der Waals surface area contributed by atoms with E-state index in [0.717, 1.165) is 17.5 Å². The van der Waals surface area contributed by atoms with Crippen molar-refractivity contribution in [3.05, 3.63) is 68.8 Å². The Morgan fingerprint density at radius 1 is 1.22 bits per heavy atom. The number of thiocarbonyl (C=S) groups is 1. The van der Waals surface area contributed by atoms with Gasteiger partial charge in [-0.1, -0.05) is 59.3 Å². The summed E-state index contributed by atoms with van der Waals surface area (Å²) in [7, 11) is 0. The number of hydrogen-bond donors (Lipinski definition) is 1. The molecule has 1 aromatic heterocycles. The molecular formula is C18H13Cl2N3O2S2. The Labute approximate surface area is 175 Å². The van der Waals surface area contributed by atoms with Gasteiger partial charge in [-0.2, -0.15) is 0 Å². The Morgan fingerprint density at radius 3 is 2.63 bits per heavy atom. The number of thioether (sulfide) groups is 1. The molecule has 1 aromatic carbocycles. The zero-order chi connectivity index (χ0) is 19.4. The largest absolute Gasteiger partial charge is 0.349 e. The predicted molar refractivity (Wildman–Crippen MR) is 112 cm³/mol. The van der Waals surface area contributed by atoms with Crippen molar-refractivity contribution in [2.75, 3.05) is 6.54 Å². The Kier molecular flexibility index (Phi) is 6.49. The Morgan fingerprint density at radius 2 is 1.96 bits per heavy atom. The maximum Gasteiger partial charge on any atom is 0.266 e. The lowest BCUT2D eigenvalue weighted by molar-refractivity contribution is -0.128. The number of nitrogens with one attached hydrogen (secondary N) is 1. The van der Waals surface area contributed by atoms with Gasteiger partial charge in [0.15, 0.2) is 0 Å². The number of rotatable bonds is 5. The maximum absolute atomic E-state index is 12.6. The first-order valence-corrected chi connectivity index (χ1v) is 9.80. The van der Waals surface area contributed by atoms with Crippen molar-refractivity contribution in [1.29, 1.82) is 0 Å². The molecule has 0 atom stereocenters. The Bertz CT molecular complexity index is 915. The molecule has 1 aliphatic heterocycles. The van der Waals surface area contributed by atoms with Gasteiger partial charge in [0.25, 0.3) is 5.91 Å². The molecule has 1 aliphatic rings. The van der Waals surface area contributed by atoms with Crippen molar-refractivity contribution in [1.82, 2.24) is 15.2 Å². The molecule has 0 radical (unpaired) electrons. The topological polar surface area (TPSA) is 62.3 Å². The molecule has 1 N–H and O–H groups in total. The van der Waals surface area contributed by atoms with Crippen LogP contribution in [0.1, 0.15) is 11.3 Å². The fraction of sp³-hybridized carbons (Fsp3) is 0.111. The van der Waals surface area contributed by atoms with Crippen LogP contribution >= 0.6 is 47.2 Å². The number of hydrogen-bond acceptors (Lipinski definition) is 5. The number of aromatic nitrogens is 1. The van der Waals surface area contributed by atoms with Crippen molar-refractivity contribution in [2.24, 2.45) is 0 Å². The van der Waals surface area contributed by atoms with Gasteiger partial charge in [-0.15, -0.1) is 0 Å². The van der Waals surface area contributed by atoms with E-state index in [1.165, 1.54) is 4.90 Å². The van der Waals surface area contributed by atoms with E-state index in [2.05, 4.69) is 10.3 Å². The van der Waals surface area contributed by atoms with Crippen molar-refractivity contribution >= 4 is 69.4 Å². The normalized spacial score (nSPS) is 15.5. The van der Waals surface area contributed by atoms with E-state index in [4.69, 9.17) is 35.4 Å². The highest BCUT2D eigenvalue weighted by atomic mass is 35.5. The molecule has 2 aromatic rings. The summed E-state index contributed by atoms with van der Waals surface area (Å²) in [6.45, 7) is 0.116. The molecule has 0 spiro atoms. The van der Waals surface area contributed by atoms with Crippen molar-refractivity contribution < 1.29 is 9.59 Å². The second-order valence-electron chi connectivity index (χ2n) is 5.50. The molecule has 27 heavy (non-hydrogen) atoms. The van der Waals surface area contributed by atoms with Crippen LogP contribution < -0.4 is 5.32 Å². The molecule has 3 rings (SSSR count). The van der Waals surface area contributed by atoms with Crippen LogP contribution in [0.3, 0.4) is 0 Å². The number of carbonyl (C=O) groups excluding carboxylic acids is 2. The summed E-state index contributed by atoms with van der Waals surface area (Å²) >= 11 is 18.6. The lowest BCUT2D eigenvalue weighted by Gasteiger charge is -2.14. The lowest BCUT2D eigenvalue weighted by atomic mass is 10.2. The number of carbonyl (C=O) groups is 2. The van der Waals surface area contributed by atoms with E-state index < -0.39 is 0 Å². The monoisotopic (exact) mass is 437 g/mol. The molecule has 1 saturated heterocycles. The molecule has 2 heterocycles. The van der Waals surface area contributed by atoms with E-state index in [9.17, 15) is 9.59 Å². The first kappa shape index (κ1) is 19.8. The number of amides is 2. The van der Waals surface area contributed by atoms with Gasteiger partial charge in [0.1, 0.15) is 10.9 Å². The highest BCUT2D eigenvalue weighted by molar-refractivity contribution is 8.26. The van der Waals surface area contributed by atoms with Gasteiger partial charge in [-0.05, 0) is 30.3 Å². The van der Waals surface area contributed by atoms with Crippen LogP contribution in [0.4, 0.5) is 0 Å². The lowest BCUT2D eigenvalue weighted by Crippen LogP contribution is -2.39. The molecule has 0 aliphatic carbocycles. The number of benzene rings is 1. The van der Waals surface area contributed by atoms with Gasteiger partial charge < -0.3 is 5.32 Å². The summed E-state index contributed by atoms with van der Waals surface area (Å²) in [4.78, 5) is 30.5. The first-order chi connectivity index (χ1) is 13.0. The summed E-state index contributed by atoms with van der Waals surface area (Å²) in [6.07, 6.45) is 3.24. The van der Waals surface area contributed by atoms with Crippen molar-refractivity contribution in [3.63, 3.8) is 0 Å².